The van der Waals surface area contributed by atoms with Crippen molar-refractivity contribution in [1.82, 2.24) is 0 Å². The zero-order chi connectivity index (χ0) is 13.0. The maximum Gasteiger partial charge on any atom is 0.156 e. The molecule has 2 aromatic rings. The van der Waals surface area contributed by atoms with Crippen LogP contribution in [-0.2, 0) is 4.79 Å². The summed E-state index contributed by atoms with van der Waals surface area (Å²) in [6, 6.07) is 9.78. The highest BCUT2D eigenvalue weighted by atomic mass is 32.2. The van der Waals surface area contributed by atoms with E-state index >= 15 is 0 Å². The van der Waals surface area contributed by atoms with E-state index in [1.165, 1.54) is 15.4 Å². The first-order valence-corrected chi connectivity index (χ1v) is 7.21. The zero-order valence-corrected chi connectivity index (χ0v) is 11.0. The van der Waals surface area contributed by atoms with E-state index in [2.05, 4.69) is 12.1 Å². The van der Waals surface area contributed by atoms with Crippen molar-refractivity contribution in [3.63, 3.8) is 0 Å². The van der Waals surface area contributed by atoms with Crippen molar-refractivity contribution in [3.8, 4) is 5.75 Å². The molecule has 19 heavy (non-hydrogen) atoms. The molecule has 0 aromatic heterocycles. The summed E-state index contributed by atoms with van der Waals surface area (Å²) < 4.78 is 0. The van der Waals surface area contributed by atoms with Crippen molar-refractivity contribution in [3.05, 3.63) is 46.9 Å². The second-order valence-corrected chi connectivity index (χ2v) is 6.24. The van der Waals surface area contributed by atoms with Gasteiger partial charge in [-0.1, -0.05) is 17.8 Å². The highest BCUT2D eigenvalue weighted by Gasteiger charge is 2.31. The van der Waals surface area contributed by atoms with Gasteiger partial charge in [-0.15, -0.1) is 0 Å². The molecule has 2 nitrogen and oxygen atoms in total. The fourth-order valence-corrected chi connectivity index (χ4v) is 4.28. The van der Waals surface area contributed by atoms with E-state index in [1.807, 2.05) is 6.07 Å². The number of carbonyl (C=O) groups excluding carboxylic acids is 1. The first kappa shape index (κ1) is 11.1. The number of rotatable bonds is 0. The number of hydrogen-bond acceptors (Lipinski definition) is 3. The molecule has 0 spiro atoms. The van der Waals surface area contributed by atoms with Crippen LogP contribution in [0.25, 0.3) is 10.8 Å². The smallest absolute Gasteiger partial charge is 0.156 e. The van der Waals surface area contributed by atoms with Gasteiger partial charge < -0.3 is 5.11 Å². The molecule has 1 aliphatic heterocycles. The molecule has 94 valence electrons. The Morgan fingerprint density at radius 3 is 2.95 bits per heavy atom. The quantitative estimate of drug-likeness (QED) is 0.785. The van der Waals surface area contributed by atoms with Gasteiger partial charge in [0, 0.05) is 22.1 Å². The lowest BCUT2D eigenvalue weighted by atomic mass is 9.88. The molecule has 1 unspecified atom stereocenters. The molecule has 1 atom stereocenters. The molecule has 2 aromatic carbocycles. The fourth-order valence-electron chi connectivity index (χ4n) is 2.94. The fraction of sp³-hybridized carbons (Fsp3) is 0.188. The van der Waals surface area contributed by atoms with E-state index in [-0.39, 0.29) is 5.78 Å². The van der Waals surface area contributed by atoms with Crippen LogP contribution in [0.1, 0.15) is 24.3 Å². The van der Waals surface area contributed by atoms with Crippen molar-refractivity contribution in [2.45, 2.75) is 23.7 Å². The van der Waals surface area contributed by atoms with Crippen LogP contribution in [-0.4, -0.2) is 10.9 Å². The Morgan fingerprint density at radius 2 is 2.05 bits per heavy atom. The average molecular weight is 268 g/mol. The SMILES string of the molecule is O=C1C=C2Sc3cc4ccc(O)cc4cc3C2CC1. The maximum atomic E-state index is 11.5. The summed E-state index contributed by atoms with van der Waals surface area (Å²) >= 11 is 1.72. The van der Waals surface area contributed by atoms with Crippen molar-refractivity contribution in [2.75, 3.05) is 0 Å². The summed E-state index contributed by atoms with van der Waals surface area (Å²) in [5.41, 5.74) is 1.31. The monoisotopic (exact) mass is 268 g/mol. The Hall–Kier alpha value is -1.74. The lowest BCUT2D eigenvalue weighted by Gasteiger charge is -2.16. The summed E-state index contributed by atoms with van der Waals surface area (Å²) in [5, 5.41) is 11.8. The first-order valence-electron chi connectivity index (χ1n) is 6.40. The van der Waals surface area contributed by atoms with E-state index in [0.717, 1.165) is 17.2 Å². The Bertz CT molecular complexity index is 746. The summed E-state index contributed by atoms with van der Waals surface area (Å²) in [6.07, 6.45) is 3.36. The predicted octanol–water partition coefficient (Wildman–Crippen LogP) is 3.98. The Kier molecular flexibility index (Phi) is 2.27. The minimum absolute atomic E-state index is 0.244. The van der Waals surface area contributed by atoms with E-state index in [0.29, 0.717) is 18.1 Å². The normalized spacial score (nSPS) is 21.2. The number of fused-ring (bicyclic) bond motifs is 4. The molecule has 1 N–H and O–H groups in total. The highest BCUT2D eigenvalue weighted by Crippen LogP contribution is 2.53. The van der Waals surface area contributed by atoms with Crippen molar-refractivity contribution >= 4 is 28.3 Å². The van der Waals surface area contributed by atoms with Gasteiger partial charge in [-0.3, -0.25) is 4.79 Å². The van der Waals surface area contributed by atoms with Gasteiger partial charge in [-0.2, -0.15) is 0 Å². The Morgan fingerprint density at radius 1 is 1.16 bits per heavy atom. The highest BCUT2D eigenvalue weighted by molar-refractivity contribution is 8.03. The van der Waals surface area contributed by atoms with E-state index in [4.69, 9.17) is 0 Å². The number of thioether (sulfide) groups is 1. The molecule has 0 bridgehead atoms. The summed E-state index contributed by atoms with van der Waals surface area (Å²) in [6.45, 7) is 0. The largest absolute Gasteiger partial charge is 0.508 e. The van der Waals surface area contributed by atoms with Crippen molar-refractivity contribution in [1.29, 1.82) is 0 Å². The lowest BCUT2D eigenvalue weighted by molar-refractivity contribution is -0.115. The van der Waals surface area contributed by atoms with E-state index < -0.39 is 0 Å². The number of hydrogen-bond donors (Lipinski definition) is 1. The summed E-state index contributed by atoms with van der Waals surface area (Å²) in [5.74, 6) is 0.922. The van der Waals surface area contributed by atoms with E-state index in [9.17, 15) is 9.90 Å². The van der Waals surface area contributed by atoms with Crippen molar-refractivity contribution in [2.24, 2.45) is 0 Å². The molecular formula is C16H12O2S. The first-order chi connectivity index (χ1) is 9.20. The topological polar surface area (TPSA) is 37.3 Å². The van der Waals surface area contributed by atoms with Crippen LogP contribution in [0.4, 0.5) is 0 Å². The van der Waals surface area contributed by atoms with Crippen LogP contribution < -0.4 is 0 Å². The maximum absolute atomic E-state index is 11.5. The minimum atomic E-state index is 0.244. The summed E-state index contributed by atoms with van der Waals surface area (Å²) in [4.78, 5) is 14.0. The number of aromatic hydroxyl groups is 1. The molecule has 0 amide bonds. The lowest BCUT2D eigenvalue weighted by Crippen LogP contribution is -2.07. The molecule has 1 aliphatic carbocycles. The number of phenols is 1. The third kappa shape index (κ3) is 1.69. The number of phenolic OH excluding ortho intramolecular Hbond substituents is 1. The van der Waals surface area contributed by atoms with Gasteiger partial charge in [0.05, 0.1) is 0 Å². The number of benzene rings is 2. The van der Waals surface area contributed by atoms with Gasteiger partial charge in [-0.25, -0.2) is 0 Å². The molecule has 0 fully saturated rings. The van der Waals surface area contributed by atoms with Gasteiger partial charge in [0.2, 0.25) is 0 Å². The van der Waals surface area contributed by atoms with E-state index in [1.54, 1.807) is 30.0 Å². The van der Waals surface area contributed by atoms with Crippen LogP contribution in [0.3, 0.4) is 0 Å². The Labute approximate surface area is 115 Å². The van der Waals surface area contributed by atoms with Crippen LogP contribution in [0.15, 0.2) is 46.2 Å². The van der Waals surface area contributed by atoms with Gasteiger partial charge in [0.1, 0.15) is 5.75 Å². The standard InChI is InChI=1S/C16H12O2S/c17-11-2-1-9-7-15-14(6-10(9)5-11)13-4-3-12(18)8-16(13)19-15/h1-2,5-8,13,17H,3-4H2. The third-order valence-electron chi connectivity index (χ3n) is 3.88. The number of ketones is 1. The van der Waals surface area contributed by atoms with Gasteiger partial charge in [0.15, 0.2) is 5.78 Å². The minimum Gasteiger partial charge on any atom is -0.508 e. The van der Waals surface area contributed by atoms with Gasteiger partial charge in [0.25, 0.3) is 0 Å². The summed E-state index contributed by atoms with van der Waals surface area (Å²) in [7, 11) is 0. The molecule has 1 heterocycles. The number of carbonyl (C=O) groups is 1. The van der Waals surface area contributed by atoms with Crippen LogP contribution in [0.2, 0.25) is 0 Å². The molecule has 3 heteroatoms. The molecule has 4 rings (SSSR count). The predicted molar refractivity (Wildman–Crippen MR) is 76.5 cm³/mol. The molecule has 0 saturated carbocycles. The van der Waals surface area contributed by atoms with Gasteiger partial charge >= 0.3 is 0 Å². The average Bonchev–Trinajstić information content (AvgIpc) is 2.72. The molecular weight excluding hydrogens is 256 g/mol. The van der Waals surface area contributed by atoms with Crippen LogP contribution in [0, 0.1) is 0 Å². The van der Waals surface area contributed by atoms with Crippen LogP contribution in [0.5, 0.6) is 5.75 Å². The second kappa shape index (κ2) is 3.87. The third-order valence-corrected chi connectivity index (χ3v) is 5.09. The van der Waals surface area contributed by atoms with Gasteiger partial charge in [-0.05, 0) is 53.1 Å². The van der Waals surface area contributed by atoms with Crippen LogP contribution >= 0.6 is 11.8 Å². The zero-order valence-electron chi connectivity index (χ0n) is 10.2. The number of allylic oxidation sites excluding steroid dienone is 2. The molecule has 0 saturated heterocycles. The van der Waals surface area contributed by atoms with Crippen molar-refractivity contribution < 1.29 is 9.90 Å². The second-order valence-electron chi connectivity index (χ2n) is 5.13. The molecule has 0 radical (unpaired) electrons. The molecule has 2 aliphatic rings. The Balaban J connectivity index is 1.92.